The Morgan fingerprint density at radius 1 is 1.25 bits per heavy atom. The average Bonchev–Trinajstić information content (AvgIpc) is 2.25. The number of anilines is 1. The zero-order valence-electron chi connectivity index (χ0n) is 8.54. The van der Waals surface area contributed by atoms with E-state index < -0.39 is 0 Å². The van der Waals surface area contributed by atoms with Crippen molar-refractivity contribution in [1.82, 2.24) is 9.97 Å². The molecule has 0 amide bonds. The highest BCUT2D eigenvalue weighted by molar-refractivity contribution is 6.35. The van der Waals surface area contributed by atoms with Crippen LogP contribution in [0.1, 0.15) is 5.56 Å². The first kappa shape index (κ1) is 11.2. The number of rotatable bonds is 1. The summed E-state index contributed by atoms with van der Waals surface area (Å²) in [6.07, 6.45) is 1.66. The van der Waals surface area contributed by atoms with Gasteiger partial charge in [0.05, 0.1) is 10.7 Å². The summed E-state index contributed by atoms with van der Waals surface area (Å²) in [5, 5.41) is 1.20. The summed E-state index contributed by atoms with van der Waals surface area (Å²) >= 11 is 12.0. The normalized spacial score (nSPS) is 10.4. The van der Waals surface area contributed by atoms with Crippen LogP contribution < -0.4 is 5.73 Å². The number of aryl methyl sites for hydroxylation is 1. The summed E-state index contributed by atoms with van der Waals surface area (Å²) in [6.45, 7) is 1.89. The molecule has 0 aliphatic rings. The predicted molar refractivity (Wildman–Crippen MR) is 66.6 cm³/mol. The third kappa shape index (κ3) is 2.10. The Labute approximate surface area is 103 Å². The number of aromatic nitrogens is 2. The van der Waals surface area contributed by atoms with Gasteiger partial charge in [0.1, 0.15) is 0 Å². The Balaban J connectivity index is 2.66. The molecule has 2 rings (SSSR count). The van der Waals surface area contributed by atoms with Crippen molar-refractivity contribution in [1.29, 1.82) is 0 Å². The van der Waals surface area contributed by atoms with E-state index in [0.717, 1.165) is 11.1 Å². The van der Waals surface area contributed by atoms with Crippen LogP contribution in [0.15, 0.2) is 24.4 Å². The first-order valence-electron chi connectivity index (χ1n) is 4.62. The highest BCUT2D eigenvalue weighted by atomic mass is 35.5. The van der Waals surface area contributed by atoms with Gasteiger partial charge in [-0.1, -0.05) is 23.2 Å². The van der Waals surface area contributed by atoms with E-state index in [4.69, 9.17) is 28.9 Å². The fourth-order valence-corrected chi connectivity index (χ4v) is 1.79. The molecule has 0 radical (unpaired) electrons. The van der Waals surface area contributed by atoms with E-state index >= 15 is 0 Å². The second-order valence-corrected chi connectivity index (χ2v) is 4.23. The summed E-state index contributed by atoms with van der Waals surface area (Å²) in [6, 6.07) is 5.23. The molecule has 0 bridgehead atoms. The molecule has 0 aliphatic heterocycles. The van der Waals surface area contributed by atoms with Crippen LogP contribution in [-0.2, 0) is 0 Å². The Bertz CT molecular complexity index is 491. The van der Waals surface area contributed by atoms with Crippen LogP contribution in [0.25, 0.3) is 11.3 Å². The number of hydrogen-bond donors (Lipinski definition) is 1. The van der Waals surface area contributed by atoms with Crippen molar-refractivity contribution < 1.29 is 0 Å². The van der Waals surface area contributed by atoms with E-state index in [1.54, 1.807) is 24.4 Å². The smallest absolute Gasteiger partial charge is 0.220 e. The first-order chi connectivity index (χ1) is 7.58. The van der Waals surface area contributed by atoms with Crippen molar-refractivity contribution >= 4 is 29.2 Å². The van der Waals surface area contributed by atoms with Crippen LogP contribution in [0, 0.1) is 6.92 Å². The monoisotopic (exact) mass is 253 g/mol. The van der Waals surface area contributed by atoms with Gasteiger partial charge in [-0.15, -0.1) is 0 Å². The number of nitrogens with two attached hydrogens (primary N) is 1. The fourth-order valence-electron chi connectivity index (χ4n) is 1.41. The number of nitrogen functional groups attached to an aromatic ring is 1. The average molecular weight is 254 g/mol. The molecule has 0 atom stereocenters. The molecule has 0 spiro atoms. The van der Waals surface area contributed by atoms with E-state index in [1.165, 1.54) is 0 Å². The summed E-state index contributed by atoms with van der Waals surface area (Å²) in [4.78, 5) is 8.08. The molecule has 0 fully saturated rings. The lowest BCUT2D eigenvalue weighted by atomic mass is 10.1. The second-order valence-electron chi connectivity index (χ2n) is 3.38. The molecule has 0 saturated carbocycles. The maximum atomic E-state index is 6.10. The van der Waals surface area contributed by atoms with Gasteiger partial charge in [0, 0.05) is 16.8 Å². The molecule has 5 heteroatoms. The second kappa shape index (κ2) is 4.28. The first-order valence-corrected chi connectivity index (χ1v) is 5.38. The minimum Gasteiger partial charge on any atom is -0.368 e. The van der Waals surface area contributed by atoms with Crippen LogP contribution in [0.5, 0.6) is 0 Å². The minimum absolute atomic E-state index is 0.219. The molecule has 1 heterocycles. The number of hydrogen-bond acceptors (Lipinski definition) is 3. The zero-order valence-corrected chi connectivity index (χ0v) is 10.0. The van der Waals surface area contributed by atoms with Crippen LogP contribution in [-0.4, -0.2) is 9.97 Å². The summed E-state index contributed by atoms with van der Waals surface area (Å²) < 4.78 is 0. The van der Waals surface area contributed by atoms with E-state index in [-0.39, 0.29) is 5.95 Å². The van der Waals surface area contributed by atoms with E-state index in [0.29, 0.717) is 15.7 Å². The Morgan fingerprint density at radius 2 is 2.00 bits per heavy atom. The quantitative estimate of drug-likeness (QED) is 0.849. The molecular weight excluding hydrogens is 245 g/mol. The Kier molecular flexibility index (Phi) is 2.99. The minimum atomic E-state index is 0.219. The lowest BCUT2D eigenvalue weighted by molar-refractivity contribution is 1.15. The van der Waals surface area contributed by atoms with E-state index in [2.05, 4.69) is 9.97 Å². The Hall–Kier alpha value is -1.32. The van der Waals surface area contributed by atoms with E-state index in [1.807, 2.05) is 6.92 Å². The topological polar surface area (TPSA) is 51.8 Å². The molecule has 2 N–H and O–H groups in total. The Morgan fingerprint density at radius 3 is 2.75 bits per heavy atom. The third-order valence-electron chi connectivity index (χ3n) is 2.17. The molecule has 16 heavy (non-hydrogen) atoms. The van der Waals surface area contributed by atoms with Crippen molar-refractivity contribution in [2.24, 2.45) is 0 Å². The summed E-state index contributed by atoms with van der Waals surface area (Å²) in [5.41, 5.74) is 7.93. The van der Waals surface area contributed by atoms with Gasteiger partial charge in [-0.05, 0) is 30.7 Å². The molecule has 0 saturated heterocycles. The molecule has 82 valence electrons. The molecule has 0 aliphatic carbocycles. The molecule has 3 nitrogen and oxygen atoms in total. The number of benzene rings is 1. The summed E-state index contributed by atoms with van der Waals surface area (Å²) in [5.74, 6) is 0.219. The van der Waals surface area contributed by atoms with Crippen LogP contribution >= 0.6 is 23.2 Å². The van der Waals surface area contributed by atoms with E-state index in [9.17, 15) is 0 Å². The van der Waals surface area contributed by atoms with Crippen molar-refractivity contribution in [3.8, 4) is 11.3 Å². The largest absolute Gasteiger partial charge is 0.368 e. The lowest BCUT2D eigenvalue weighted by Crippen LogP contribution is -1.98. The van der Waals surface area contributed by atoms with Gasteiger partial charge in [0.15, 0.2) is 0 Å². The van der Waals surface area contributed by atoms with Gasteiger partial charge in [-0.2, -0.15) is 0 Å². The van der Waals surface area contributed by atoms with Crippen molar-refractivity contribution in [2.45, 2.75) is 6.92 Å². The molecule has 2 aromatic rings. The van der Waals surface area contributed by atoms with Crippen LogP contribution in [0.2, 0.25) is 10.0 Å². The highest BCUT2D eigenvalue weighted by Crippen LogP contribution is 2.31. The van der Waals surface area contributed by atoms with Crippen LogP contribution in [0.3, 0.4) is 0 Å². The highest BCUT2D eigenvalue weighted by Gasteiger charge is 2.09. The predicted octanol–water partition coefficient (Wildman–Crippen LogP) is 3.34. The van der Waals surface area contributed by atoms with Gasteiger partial charge in [0.2, 0.25) is 5.95 Å². The fraction of sp³-hybridized carbons (Fsp3) is 0.0909. The summed E-state index contributed by atoms with van der Waals surface area (Å²) in [7, 11) is 0. The van der Waals surface area contributed by atoms with Gasteiger partial charge < -0.3 is 5.73 Å². The van der Waals surface area contributed by atoms with Crippen molar-refractivity contribution in [3.63, 3.8) is 0 Å². The van der Waals surface area contributed by atoms with Gasteiger partial charge in [0.25, 0.3) is 0 Å². The van der Waals surface area contributed by atoms with Gasteiger partial charge >= 0.3 is 0 Å². The molecule has 1 aromatic carbocycles. The van der Waals surface area contributed by atoms with Crippen molar-refractivity contribution in [2.75, 3.05) is 5.73 Å². The third-order valence-corrected chi connectivity index (χ3v) is 2.74. The van der Waals surface area contributed by atoms with Gasteiger partial charge in [-0.3, -0.25) is 0 Å². The SMILES string of the molecule is Cc1cnc(N)nc1-c1cc(Cl)ccc1Cl. The number of nitrogens with zero attached hydrogens (tertiary/aromatic N) is 2. The maximum absolute atomic E-state index is 6.10. The lowest BCUT2D eigenvalue weighted by Gasteiger charge is -2.07. The molecule has 1 aromatic heterocycles. The van der Waals surface area contributed by atoms with Crippen molar-refractivity contribution in [3.05, 3.63) is 40.0 Å². The standard InChI is InChI=1S/C11H9Cl2N3/c1-6-5-15-11(14)16-10(6)8-4-7(12)2-3-9(8)13/h2-5H,1H3,(H2,14,15,16). The molecule has 0 unspecified atom stereocenters. The molecular formula is C11H9Cl2N3. The van der Waals surface area contributed by atoms with Gasteiger partial charge in [-0.25, -0.2) is 9.97 Å². The van der Waals surface area contributed by atoms with Crippen LogP contribution in [0.4, 0.5) is 5.95 Å². The maximum Gasteiger partial charge on any atom is 0.220 e. The zero-order chi connectivity index (χ0) is 11.7. The number of halogens is 2.